The van der Waals surface area contributed by atoms with Gasteiger partial charge in [0, 0.05) is 22.7 Å². The van der Waals surface area contributed by atoms with Crippen molar-refractivity contribution < 1.29 is 10.0 Å². The number of nitrogens with two attached hydrogens (primary N) is 1. The molecule has 0 aliphatic carbocycles. The molecule has 0 spiro atoms. The van der Waals surface area contributed by atoms with Gasteiger partial charge in [-0.2, -0.15) is 0 Å². The number of hydrogen-bond acceptors (Lipinski definition) is 5. The van der Waals surface area contributed by atoms with Crippen LogP contribution in [0.2, 0.25) is 0 Å². The number of hydrogen-bond donors (Lipinski definition) is 3. The highest BCUT2D eigenvalue weighted by Crippen LogP contribution is 2.15. The lowest BCUT2D eigenvalue weighted by atomic mass is 10.1. The molecule has 20 heavy (non-hydrogen) atoms. The molecule has 7 heteroatoms. The minimum Gasteiger partial charge on any atom is -0.409 e. The predicted octanol–water partition coefficient (Wildman–Crippen LogP) is 1.73. The molecule has 0 aliphatic heterocycles. The molecule has 1 atom stereocenters. The molecule has 6 nitrogen and oxygen atoms in total. The van der Waals surface area contributed by atoms with E-state index in [2.05, 4.69) is 15.5 Å². The van der Waals surface area contributed by atoms with Crippen LogP contribution in [0.3, 0.4) is 0 Å². The van der Waals surface area contributed by atoms with Crippen LogP contribution in [0.4, 0.5) is 0 Å². The minimum absolute atomic E-state index is 0.0346. The van der Waals surface area contributed by atoms with Crippen molar-refractivity contribution in [2.24, 2.45) is 10.9 Å². The van der Waals surface area contributed by atoms with Gasteiger partial charge in [0.2, 0.25) is 0 Å². The zero-order valence-electron chi connectivity index (χ0n) is 10.8. The van der Waals surface area contributed by atoms with Crippen LogP contribution >= 0.6 is 11.3 Å². The fourth-order valence-corrected chi connectivity index (χ4v) is 2.31. The van der Waals surface area contributed by atoms with E-state index in [9.17, 15) is 4.79 Å². The molecule has 0 saturated heterocycles. The first kappa shape index (κ1) is 14.0. The summed E-state index contributed by atoms with van der Waals surface area (Å²) >= 11 is 1.48. The van der Waals surface area contributed by atoms with Crippen molar-refractivity contribution in [1.29, 1.82) is 0 Å². The standard InChI is InChI=1S/C13H14N4O2S/c1-8(13-15-5-6-20-13)16-12(18)10-4-2-3-9(7-10)11(14)17-19/h2-8,19H,1H3,(H2,14,17)(H,16,18). The zero-order valence-corrected chi connectivity index (χ0v) is 11.6. The van der Waals surface area contributed by atoms with Crippen molar-refractivity contribution in [1.82, 2.24) is 10.3 Å². The van der Waals surface area contributed by atoms with Gasteiger partial charge in [-0.05, 0) is 19.1 Å². The van der Waals surface area contributed by atoms with Gasteiger partial charge >= 0.3 is 0 Å². The van der Waals surface area contributed by atoms with E-state index in [-0.39, 0.29) is 17.8 Å². The first-order valence-electron chi connectivity index (χ1n) is 5.90. The molecule has 0 aliphatic rings. The molecule has 2 aromatic rings. The third-order valence-electron chi connectivity index (χ3n) is 2.70. The van der Waals surface area contributed by atoms with E-state index in [1.807, 2.05) is 12.3 Å². The summed E-state index contributed by atoms with van der Waals surface area (Å²) in [6, 6.07) is 6.40. The van der Waals surface area contributed by atoms with E-state index in [1.165, 1.54) is 11.3 Å². The van der Waals surface area contributed by atoms with E-state index in [1.54, 1.807) is 30.5 Å². The first-order valence-corrected chi connectivity index (χ1v) is 6.78. The lowest BCUT2D eigenvalue weighted by molar-refractivity contribution is 0.0940. The molecular formula is C13H14N4O2S. The van der Waals surface area contributed by atoms with Crippen molar-refractivity contribution in [3.8, 4) is 0 Å². The van der Waals surface area contributed by atoms with E-state index in [0.29, 0.717) is 11.1 Å². The molecule has 2 rings (SSSR count). The number of carbonyl (C=O) groups excluding carboxylic acids is 1. The Bertz CT molecular complexity index is 625. The Balaban J connectivity index is 2.13. The number of thiazole rings is 1. The van der Waals surface area contributed by atoms with E-state index in [4.69, 9.17) is 10.9 Å². The van der Waals surface area contributed by atoms with Crippen LogP contribution in [0.1, 0.15) is 33.9 Å². The van der Waals surface area contributed by atoms with Crippen LogP contribution in [0.15, 0.2) is 41.0 Å². The van der Waals surface area contributed by atoms with Crippen LogP contribution in [0.5, 0.6) is 0 Å². The maximum absolute atomic E-state index is 12.1. The predicted molar refractivity (Wildman–Crippen MR) is 76.9 cm³/mol. The monoisotopic (exact) mass is 290 g/mol. The topological polar surface area (TPSA) is 101 Å². The summed E-state index contributed by atoms with van der Waals surface area (Å²) in [6.45, 7) is 1.87. The second kappa shape index (κ2) is 6.16. The van der Waals surface area contributed by atoms with Gasteiger partial charge in [-0.3, -0.25) is 4.79 Å². The molecule has 104 valence electrons. The van der Waals surface area contributed by atoms with Gasteiger partial charge in [0.1, 0.15) is 5.01 Å². The van der Waals surface area contributed by atoms with Crippen LogP contribution in [0.25, 0.3) is 0 Å². The quantitative estimate of drug-likeness (QED) is 0.345. The van der Waals surface area contributed by atoms with Crippen molar-refractivity contribution in [2.75, 3.05) is 0 Å². The van der Waals surface area contributed by atoms with Crippen LogP contribution in [0, 0.1) is 0 Å². The molecule has 0 radical (unpaired) electrons. The maximum atomic E-state index is 12.1. The number of amidine groups is 1. The van der Waals surface area contributed by atoms with Gasteiger partial charge < -0.3 is 16.3 Å². The van der Waals surface area contributed by atoms with E-state index >= 15 is 0 Å². The zero-order chi connectivity index (χ0) is 14.5. The molecule has 1 heterocycles. The number of benzene rings is 1. The number of oxime groups is 1. The Kier molecular flexibility index (Phi) is 4.31. The van der Waals surface area contributed by atoms with Gasteiger partial charge in [0.25, 0.3) is 5.91 Å². The summed E-state index contributed by atoms with van der Waals surface area (Å²) in [5, 5.41) is 17.1. The van der Waals surface area contributed by atoms with Crippen molar-refractivity contribution in [3.63, 3.8) is 0 Å². The molecule has 4 N–H and O–H groups in total. The third kappa shape index (κ3) is 3.12. The number of aromatic nitrogens is 1. The number of nitrogens with one attached hydrogen (secondary N) is 1. The number of amides is 1. The fourth-order valence-electron chi connectivity index (χ4n) is 1.67. The Labute approximate surface area is 120 Å². The lowest BCUT2D eigenvalue weighted by Crippen LogP contribution is -2.27. The van der Waals surface area contributed by atoms with Crippen molar-refractivity contribution in [2.45, 2.75) is 13.0 Å². The van der Waals surface area contributed by atoms with Gasteiger partial charge in [-0.25, -0.2) is 4.98 Å². The minimum atomic E-state index is -0.236. The molecule has 1 amide bonds. The number of carbonyl (C=O) groups is 1. The normalized spacial score (nSPS) is 12.9. The Morgan fingerprint density at radius 1 is 1.50 bits per heavy atom. The van der Waals surface area contributed by atoms with Gasteiger partial charge in [0.05, 0.1) is 6.04 Å². The van der Waals surface area contributed by atoms with Crippen LogP contribution < -0.4 is 11.1 Å². The van der Waals surface area contributed by atoms with Gasteiger partial charge in [-0.15, -0.1) is 11.3 Å². The Morgan fingerprint density at radius 3 is 2.90 bits per heavy atom. The van der Waals surface area contributed by atoms with Crippen LogP contribution in [-0.2, 0) is 0 Å². The lowest BCUT2D eigenvalue weighted by Gasteiger charge is -2.11. The molecular weight excluding hydrogens is 276 g/mol. The number of rotatable bonds is 4. The van der Waals surface area contributed by atoms with E-state index in [0.717, 1.165) is 5.01 Å². The summed E-state index contributed by atoms with van der Waals surface area (Å²) in [7, 11) is 0. The second-order valence-corrected chi connectivity index (χ2v) is 5.06. The summed E-state index contributed by atoms with van der Waals surface area (Å²) in [6.07, 6.45) is 1.70. The van der Waals surface area contributed by atoms with E-state index < -0.39 is 0 Å². The third-order valence-corrected chi connectivity index (χ3v) is 3.66. The second-order valence-electron chi connectivity index (χ2n) is 4.13. The maximum Gasteiger partial charge on any atom is 0.251 e. The molecule has 0 bridgehead atoms. The fraction of sp³-hybridized carbons (Fsp3) is 0.154. The van der Waals surface area contributed by atoms with Crippen molar-refractivity contribution in [3.05, 3.63) is 52.0 Å². The van der Waals surface area contributed by atoms with Gasteiger partial charge in [-0.1, -0.05) is 17.3 Å². The first-order chi connectivity index (χ1) is 9.61. The average Bonchev–Trinajstić information content (AvgIpc) is 3.00. The number of nitrogens with zero attached hydrogens (tertiary/aromatic N) is 2. The largest absolute Gasteiger partial charge is 0.409 e. The molecule has 0 saturated carbocycles. The molecule has 0 fully saturated rings. The highest BCUT2D eigenvalue weighted by molar-refractivity contribution is 7.09. The molecule has 1 aromatic heterocycles. The SMILES string of the molecule is CC(NC(=O)c1cccc(C(N)=NO)c1)c1nccs1. The summed E-state index contributed by atoms with van der Waals surface area (Å²) in [5.74, 6) is -0.270. The Hall–Kier alpha value is -2.41. The summed E-state index contributed by atoms with van der Waals surface area (Å²) in [5.41, 5.74) is 6.43. The highest BCUT2D eigenvalue weighted by Gasteiger charge is 2.14. The smallest absolute Gasteiger partial charge is 0.251 e. The van der Waals surface area contributed by atoms with Gasteiger partial charge in [0.15, 0.2) is 5.84 Å². The summed E-state index contributed by atoms with van der Waals surface area (Å²) < 4.78 is 0. The highest BCUT2D eigenvalue weighted by atomic mass is 32.1. The molecule has 1 aromatic carbocycles. The molecule has 1 unspecified atom stereocenters. The van der Waals surface area contributed by atoms with Crippen LogP contribution in [-0.4, -0.2) is 21.9 Å². The summed E-state index contributed by atoms with van der Waals surface area (Å²) in [4.78, 5) is 16.3. The Morgan fingerprint density at radius 2 is 2.25 bits per heavy atom. The average molecular weight is 290 g/mol. The van der Waals surface area contributed by atoms with Crippen molar-refractivity contribution >= 4 is 23.1 Å².